The van der Waals surface area contributed by atoms with Crippen LogP contribution in [0.4, 0.5) is 5.82 Å². The Hall–Kier alpha value is -1.81. The Labute approximate surface area is 158 Å². The molecule has 4 nitrogen and oxygen atoms in total. The van der Waals surface area contributed by atoms with Crippen molar-refractivity contribution in [2.24, 2.45) is 0 Å². The van der Waals surface area contributed by atoms with Crippen LogP contribution in [-0.4, -0.2) is 23.7 Å². The van der Waals surface area contributed by atoms with Crippen molar-refractivity contribution in [3.63, 3.8) is 0 Å². The fourth-order valence-electron chi connectivity index (χ4n) is 2.91. The third kappa shape index (κ3) is 6.83. The maximum atomic E-state index is 6.02. The van der Waals surface area contributed by atoms with Crippen LogP contribution in [0.15, 0.2) is 24.3 Å². The van der Waals surface area contributed by atoms with E-state index in [0.29, 0.717) is 18.2 Å². The largest absolute Gasteiger partial charge is 0.490 e. The summed E-state index contributed by atoms with van der Waals surface area (Å²) in [7, 11) is 0. The predicted molar refractivity (Wildman–Crippen MR) is 112 cm³/mol. The van der Waals surface area contributed by atoms with E-state index in [1.54, 1.807) is 0 Å². The van der Waals surface area contributed by atoms with Gasteiger partial charge in [-0.2, -0.15) is 0 Å². The maximum Gasteiger partial charge on any atom is 0.166 e. The molecule has 2 aromatic rings. The van der Waals surface area contributed by atoms with Gasteiger partial charge in [0.25, 0.3) is 0 Å². The van der Waals surface area contributed by atoms with E-state index in [2.05, 4.69) is 56.2 Å². The topological polar surface area (TPSA) is 60.2 Å². The van der Waals surface area contributed by atoms with Gasteiger partial charge in [0.1, 0.15) is 0 Å². The average Bonchev–Trinajstić information content (AvgIpc) is 2.58. The molecule has 0 radical (unpaired) electrons. The van der Waals surface area contributed by atoms with E-state index in [4.69, 9.17) is 10.5 Å². The molecule has 0 saturated carbocycles. The first-order chi connectivity index (χ1) is 12.4. The fraction of sp³-hybridized carbons (Fsp3) is 0.591. The molecule has 0 aliphatic rings. The molecule has 1 aromatic carbocycles. The summed E-state index contributed by atoms with van der Waals surface area (Å²) in [6.07, 6.45) is 6.91. The summed E-state index contributed by atoms with van der Waals surface area (Å²) < 4.78 is 5.78. The Morgan fingerprint density at radius 3 is 2.62 bits per heavy atom. The molecular weight excluding hydrogens is 322 g/mol. The molecule has 1 aromatic heterocycles. The molecule has 0 unspecified atom stereocenters. The number of hydrogen-bond acceptors (Lipinski definition) is 4. The normalized spacial score (nSPS) is 11.8. The van der Waals surface area contributed by atoms with Crippen molar-refractivity contribution in [3.05, 3.63) is 29.8 Å². The minimum atomic E-state index is 0.212. The summed E-state index contributed by atoms with van der Waals surface area (Å²) in [5.41, 5.74) is 8.52. The summed E-state index contributed by atoms with van der Waals surface area (Å²) in [5.74, 6) is 1.18. The van der Waals surface area contributed by atoms with E-state index in [1.807, 2.05) is 6.07 Å². The highest BCUT2D eigenvalue weighted by Crippen LogP contribution is 2.26. The molecular formula is C22H35N3O. The van der Waals surface area contributed by atoms with Crippen molar-refractivity contribution in [1.29, 1.82) is 0 Å². The van der Waals surface area contributed by atoms with Gasteiger partial charge in [-0.25, -0.2) is 4.98 Å². The summed E-state index contributed by atoms with van der Waals surface area (Å²) in [6, 6.07) is 8.49. The minimum absolute atomic E-state index is 0.212. The average molecular weight is 358 g/mol. The number of hydrogen-bond donors (Lipinski definition) is 2. The third-order valence-corrected chi connectivity index (χ3v) is 4.42. The van der Waals surface area contributed by atoms with Crippen LogP contribution in [0.5, 0.6) is 5.75 Å². The molecule has 0 amide bonds. The second-order valence-electron chi connectivity index (χ2n) is 8.09. The van der Waals surface area contributed by atoms with Crippen molar-refractivity contribution in [2.45, 2.75) is 71.8 Å². The summed E-state index contributed by atoms with van der Waals surface area (Å²) in [6.45, 7) is 10.6. The Balaban J connectivity index is 1.89. The number of anilines is 1. The first-order valence-corrected chi connectivity index (χ1v) is 9.96. The van der Waals surface area contributed by atoms with Crippen molar-refractivity contribution in [2.75, 3.05) is 18.9 Å². The molecule has 144 valence electrons. The van der Waals surface area contributed by atoms with Crippen molar-refractivity contribution >= 4 is 16.7 Å². The van der Waals surface area contributed by atoms with Gasteiger partial charge in [0.2, 0.25) is 0 Å². The Bertz CT molecular complexity index is 692. The second kappa shape index (κ2) is 9.77. The maximum absolute atomic E-state index is 6.02. The Morgan fingerprint density at radius 2 is 1.88 bits per heavy atom. The molecule has 1 heterocycles. The van der Waals surface area contributed by atoms with Gasteiger partial charge < -0.3 is 15.8 Å². The number of rotatable bonds is 10. The highest BCUT2D eigenvalue weighted by molar-refractivity contribution is 5.83. The monoisotopic (exact) mass is 357 g/mol. The molecule has 4 heteroatoms. The number of nitrogens with zero attached hydrogens (tertiary/aromatic N) is 1. The van der Waals surface area contributed by atoms with Gasteiger partial charge in [-0.3, -0.25) is 0 Å². The SMILES string of the molecule is CCCCOc1cc2cc(CCCCCNC(C)(C)C)ccc2nc1N. The number of aromatic nitrogens is 1. The van der Waals surface area contributed by atoms with Gasteiger partial charge in [-0.05, 0) is 76.8 Å². The molecule has 0 aliphatic carbocycles. The van der Waals surface area contributed by atoms with Crippen LogP contribution in [0.3, 0.4) is 0 Å². The third-order valence-electron chi connectivity index (χ3n) is 4.42. The highest BCUT2D eigenvalue weighted by atomic mass is 16.5. The van der Waals surface area contributed by atoms with Crippen LogP contribution in [0.1, 0.15) is 65.4 Å². The van der Waals surface area contributed by atoms with E-state index in [1.165, 1.54) is 24.8 Å². The Morgan fingerprint density at radius 1 is 1.08 bits per heavy atom. The van der Waals surface area contributed by atoms with Crippen LogP contribution in [0, 0.1) is 0 Å². The Kier molecular flexibility index (Phi) is 7.70. The molecule has 0 atom stereocenters. The molecule has 0 fully saturated rings. The second-order valence-corrected chi connectivity index (χ2v) is 8.09. The molecule has 0 saturated heterocycles. The van der Waals surface area contributed by atoms with Gasteiger partial charge in [-0.1, -0.05) is 25.8 Å². The van der Waals surface area contributed by atoms with E-state index in [0.717, 1.165) is 36.7 Å². The van der Waals surface area contributed by atoms with Crippen molar-refractivity contribution in [1.82, 2.24) is 10.3 Å². The van der Waals surface area contributed by atoms with Crippen LogP contribution in [0.2, 0.25) is 0 Å². The van der Waals surface area contributed by atoms with Crippen molar-refractivity contribution in [3.8, 4) is 5.75 Å². The summed E-state index contributed by atoms with van der Waals surface area (Å²) >= 11 is 0. The fourth-order valence-corrected chi connectivity index (χ4v) is 2.91. The minimum Gasteiger partial charge on any atom is -0.490 e. The first-order valence-electron chi connectivity index (χ1n) is 9.96. The van der Waals surface area contributed by atoms with Crippen LogP contribution < -0.4 is 15.8 Å². The van der Waals surface area contributed by atoms with E-state index in [9.17, 15) is 0 Å². The zero-order valence-corrected chi connectivity index (χ0v) is 16.9. The van der Waals surface area contributed by atoms with Gasteiger partial charge in [0.05, 0.1) is 12.1 Å². The lowest BCUT2D eigenvalue weighted by Crippen LogP contribution is -2.36. The van der Waals surface area contributed by atoms with E-state index < -0.39 is 0 Å². The smallest absolute Gasteiger partial charge is 0.166 e. The van der Waals surface area contributed by atoms with Gasteiger partial charge in [-0.15, -0.1) is 0 Å². The van der Waals surface area contributed by atoms with Gasteiger partial charge in [0.15, 0.2) is 11.6 Å². The molecule has 3 N–H and O–H groups in total. The number of aryl methyl sites for hydroxylation is 1. The standard InChI is InChI=1S/C22H35N3O/c1-5-6-14-26-20-16-18-15-17(11-12-19(18)25-21(20)23)10-8-7-9-13-24-22(2,3)4/h11-12,15-16,24H,5-10,13-14H2,1-4H3,(H2,23,25). The zero-order chi connectivity index (χ0) is 19.0. The lowest BCUT2D eigenvalue weighted by Gasteiger charge is -2.20. The number of nitrogens with one attached hydrogen (secondary N) is 1. The number of unbranched alkanes of at least 4 members (excludes halogenated alkanes) is 3. The molecule has 0 aliphatic heterocycles. The lowest BCUT2D eigenvalue weighted by molar-refractivity contribution is 0.310. The van der Waals surface area contributed by atoms with Crippen LogP contribution >= 0.6 is 0 Å². The number of ether oxygens (including phenoxy) is 1. The van der Waals surface area contributed by atoms with Crippen LogP contribution in [0.25, 0.3) is 10.9 Å². The van der Waals surface area contributed by atoms with Crippen LogP contribution in [-0.2, 0) is 6.42 Å². The number of fused-ring (bicyclic) bond motifs is 1. The quantitative estimate of drug-likeness (QED) is 0.581. The number of pyridine rings is 1. The molecule has 0 spiro atoms. The van der Waals surface area contributed by atoms with Gasteiger partial charge >= 0.3 is 0 Å². The van der Waals surface area contributed by atoms with Gasteiger partial charge in [0, 0.05) is 10.9 Å². The number of nitrogen functional groups attached to an aromatic ring is 1. The number of benzene rings is 1. The van der Waals surface area contributed by atoms with Crippen molar-refractivity contribution < 1.29 is 4.74 Å². The zero-order valence-electron chi connectivity index (χ0n) is 16.9. The first kappa shape index (κ1) is 20.5. The molecule has 0 bridgehead atoms. The summed E-state index contributed by atoms with van der Waals surface area (Å²) in [5, 5.41) is 4.65. The highest BCUT2D eigenvalue weighted by Gasteiger charge is 2.08. The molecule has 26 heavy (non-hydrogen) atoms. The number of nitrogens with two attached hydrogens (primary N) is 1. The summed E-state index contributed by atoms with van der Waals surface area (Å²) in [4.78, 5) is 4.48. The molecule has 2 rings (SSSR count). The lowest BCUT2D eigenvalue weighted by atomic mass is 10.0. The predicted octanol–water partition coefficient (Wildman–Crippen LogP) is 5.10. The van der Waals surface area contributed by atoms with E-state index in [-0.39, 0.29) is 5.54 Å². The van der Waals surface area contributed by atoms with E-state index >= 15 is 0 Å².